The largest absolute Gasteiger partial charge is 0.490 e. The van der Waals surface area contributed by atoms with E-state index in [4.69, 9.17) is 9.88 Å². The number of hydrogen-bond donors (Lipinski definition) is 1. The van der Waals surface area contributed by atoms with Crippen LogP contribution in [0, 0.1) is 11.2 Å². The summed E-state index contributed by atoms with van der Waals surface area (Å²) in [5.74, 6) is -0.452. The Balaban J connectivity index is 2.11. The Morgan fingerprint density at radius 1 is 1.35 bits per heavy atom. The molecule has 1 aromatic rings. The van der Waals surface area contributed by atoms with Gasteiger partial charge in [0, 0.05) is 9.89 Å². The van der Waals surface area contributed by atoms with Crippen molar-refractivity contribution in [3.8, 4) is 5.75 Å². The molecule has 4 nitrogen and oxygen atoms in total. The highest BCUT2D eigenvalue weighted by atomic mass is 79.9. The van der Waals surface area contributed by atoms with Crippen LogP contribution in [0.3, 0.4) is 0 Å². The van der Waals surface area contributed by atoms with Crippen LogP contribution < -0.4 is 9.88 Å². The zero-order valence-corrected chi connectivity index (χ0v) is 13.3. The van der Waals surface area contributed by atoms with E-state index in [1.807, 2.05) is 0 Å². The number of nitrogens with two attached hydrogens (primary N) is 1. The molecule has 0 bridgehead atoms. The first-order valence-corrected chi connectivity index (χ1v) is 8.89. The first kappa shape index (κ1) is 15.7. The van der Waals surface area contributed by atoms with Crippen molar-refractivity contribution in [2.45, 2.75) is 25.7 Å². The van der Waals surface area contributed by atoms with Gasteiger partial charge in [0.15, 0.2) is 11.6 Å². The summed E-state index contributed by atoms with van der Waals surface area (Å²) in [7, 11) is -3.57. The van der Waals surface area contributed by atoms with Gasteiger partial charge in [0.25, 0.3) is 0 Å². The van der Waals surface area contributed by atoms with Crippen molar-refractivity contribution in [1.29, 1.82) is 0 Å². The number of ether oxygens (including phenoxy) is 1. The summed E-state index contributed by atoms with van der Waals surface area (Å²) in [6, 6.07) is 4.42. The Bertz CT molecular complexity index is 585. The Hall–Kier alpha value is -0.660. The molecule has 0 spiro atoms. The van der Waals surface area contributed by atoms with Crippen molar-refractivity contribution in [3.05, 3.63) is 28.5 Å². The molecule has 1 fully saturated rings. The molecule has 1 aliphatic carbocycles. The Morgan fingerprint density at radius 3 is 2.60 bits per heavy atom. The molecular weight excluding hydrogens is 349 g/mol. The lowest BCUT2D eigenvalue weighted by atomic mass is 9.90. The molecule has 20 heavy (non-hydrogen) atoms. The average molecular weight is 366 g/mol. The van der Waals surface area contributed by atoms with Crippen molar-refractivity contribution in [2.24, 2.45) is 10.6 Å². The highest BCUT2D eigenvalue weighted by molar-refractivity contribution is 9.10. The van der Waals surface area contributed by atoms with Gasteiger partial charge >= 0.3 is 0 Å². The van der Waals surface area contributed by atoms with Gasteiger partial charge in [0.05, 0.1) is 12.4 Å². The number of hydrogen-bond acceptors (Lipinski definition) is 3. The molecule has 0 heterocycles. The van der Waals surface area contributed by atoms with Gasteiger partial charge in [0.1, 0.15) is 0 Å². The topological polar surface area (TPSA) is 69.4 Å². The lowest BCUT2D eigenvalue weighted by molar-refractivity contribution is 0.165. The van der Waals surface area contributed by atoms with Gasteiger partial charge < -0.3 is 4.74 Å². The predicted octanol–water partition coefficient (Wildman–Crippen LogP) is 2.82. The van der Waals surface area contributed by atoms with E-state index in [2.05, 4.69) is 15.9 Å². The molecule has 0 aliphatic heterocycles. The van der Waals surface area contributed by atoms with E-state index < -0.39 is 21.3 Å². The normalized spacial score (nSPS) is 18.1. The fourth-order valence-electron chi connectivity index (χ4n) is 2.70. The second-order valence-electron chi connectivity index (χ2n) is 5.38. The molecule has 1 aliphatic rings. The quantitative estimate of drug-likeness (QED) is 0.871. The molecule has 0 unspecified atom stereocenters. The second-order valence-corrected chi connectivity index (χ2v) is 7.91. The van der Waals surface area contributed by atoms with Crippen molar-refractivity contribution in [2.75, 3.05) is 12.4 Å². The van der Waals surface area contributed by atoms with Gasteiger partial charge in [-0.2, -0.15) is 0 Å². The number of halogens is 2. The third-order valence-electron chi connectivity index (χ3n) is 3.60. The maximum atomic E-state index is 13.6. The maximum absolute atomic E-state index is 13.6. The number of benzene rings is 1. The van der Waals surface area contributed by atoms with Gasteiger partial charge in [-0.05, 0) is 31.0 Å². The van der Waals surface area contributed by atoms with Crippen LogP contribution in [0.2, 0.25) is 0 Å². The molecule has 7 heteroatoms. The smallest absolute Gasteiger partial charge is 0.209 e. The zero-order valence-electron chi connectivity index (χ0n) is 10.9. The van der Waals surface area contributed by atoms with Crippen LogP contribution in [0.1, 0.15) is 25.7 Å². The minimum Gasteiger partial charge on any atom is -0.490 e. The lowest BCUT2D eigenvalue weighted by Gasteiger charge is -2.27. The summed E-state index contributed by atoms with van der Waals surface area (Å²) in [6.07, 6.45) is 3.36. The fraction of sp³-hybridized carbons (Fsp3) is 0.538. The second kappa shape index (κ2) is 5.99. The highest BCUT2D eigenvalue weighted by Crippen LogP contribution is 2.39. The highest BCUT2D eigenvalue weighted by Gasteiger charge is 2.38. The molecule has 0 aromatic heterocycles. The molecular formula is C13H17BrFNO3S. The molecule has 0 radical (unpaired) electrons. The van der Waals surface area contributed by atoms with Crippen LogP contribution in [-0.2, 0) is 10.0 Å². The number of sulfonamides is 1. The standard InChI is InChI=1S/C13H17BrFNO3S/c14-10-3-4-11(15)12(7-10)19-8-13(5-1-2-6-13)9-20(16,17)18/h3-4,7H,1-2,5-6,8-9H2,(H2,16,17,18). The van der Waals surface area contributed by atoms with Crippen LogP contribution in [0.5, 0.6) is 5.75 Å². The Kier molecular flexibility index (Phi) is 4.71. The molecule has 112 valence electrons. The fourth-order valence-corrected chi connectivity index (χ4v) is 4.27. The lowest BCUT2D eigenvalue weighted by Crippen LogP contribution is -2.36. The van der Waals surface area contributed by atoms with Crippen LogP contribution in [-0.4, -0.2) is 20.8 Å². The molecule has 0 saturated heterocycles. The van der Waals surface area contributed by atoms with Gasteiger partial charge in [0.2, 0.25) is 10.0 Å². The number of primary sulfonamides is 1. The summed E-state index contributed by atoms with van der Waals surface area (Å²) in [5.41, 5.74) is -0.498. The summed E-state index contributed by atoms with van der Waals surface area (Å²) in [5, 5.41) is 5.16. The van der Waals surface area contributed by atoms with Gasteiger partial charge in [-0.3, -0.25) is 0 Å². The minimum absolute atomic E-state index is 0.115. The van der Waals surface area contributed by atoms with Crippen molar-refractivity contribution in [1.82, 2.24) is 0 Å². The molecule has 0 atom stereocenters. The third kappa shape index (κ3) is 4.17. The molecule has 1 saturated carbocycles. The van der Waals surface area contributed by atoms with E-state index in [-0.39, 0.29) is 18.1 Å². The van der Waals surface area contributed by atoms with Crippen LogP contribution in [0.15, 0.2) is 22.7 Å². The summed E-state index contributed by atoms with van der Waals surface area (Å²) in [4.78, 5) is 0. The van der Waals surface area contributed by atoms with Crippen LogP contribution in [0.25, 0.3) is 0 Å². The Morgan fingerprint density at radius 2 is 2.00 bits per heavy atom. The maximum Gasteiger partial charge on any atom is 0.209 e. The van der Waals surface area contributed by atoms with Gasteiger partial charge in [-0.25, -0.2) is 17.9 Å². The van der Waals surface area contributed by atoms with E-state index in [9.17, 15) is 12.8 Å². The zero-order chi connectivity index (χ0) is 14.8. The molecule has 1 aromatic carbocycles. The number of rotatable bonds is 5. The van der Waals surface area contributed by atoms with Gasteiger partial charge in [-0.15, -0.1) is 0 Å². The van der Waals surface area contributed by atoms with Crippen LogP contribution >= 0.6 is 15.9 Å². The summed E-state index contributed by atoms with van der Waals surface area (Å²) >= 11 is 3.25. The SMILES string of the molecule is NS(=O)(=O)CC1(COc2cc(Br)ccc2F)CCCC1. The van der Waals surface area contributed by atoms with Crippen molar-refractivity contribution in [3.63, 3.8) is 0 Å². The van der Waals surface area contributed by atoms with E-state index in [0.717, 1.165) is 25.7 Å². The van der Waals surface area contributed by atoms with Crippen molar-refractivity contribution < 1.29 is 17.5 Å². The molecule has 2 N–H and O–H groups in total. The molecule has 0 amide bonds. The predicted molar refractivity (Wildman–Crippen MR) is 78.5 cm³/mol. The first-order chi connectivity index (χ1) is 9.30. The average Bonchev–Trinajstić information content (AvgIpc) is 2.77. The van der Waals surface area contributed by atoms with E-state index in [1.54, 1.807) is 6.07 Å². The van der Waals surface area contributed by atoms with Gasteiger partial charge in [-0.1, -0.05) is 28.8 Å². The van der Waals surface area contributed by atoms with Crippen LogP contribution in [0.4, 0.5) is 4.39 Å². The van der Waals surface area contributed by atoms with E-state index in [0.29, 0.717) is 4.47 Å². The van der Waals surface area contributed by atoms with E-state index in [1.165, 1.54) is 12.1 Å². The monoisotopic (exact) mass is 365 g/mol. The summed E-state index contributed by atoms with van der Waals surface area (Å²) in [6.45, 7) is 0.163. The first-order valence-electron chi connectivity index (χ1n) is 6.38. The minimum atomic E-state index is -3.57. The third-order valence-corrected chi connectivity index (χ3v) is 5.11. The molecule has 2 rings (SSSR count). The van der Waals surface area contributed by atoms with Crippen molar-refractivity contribution >= 4 is 26.0 Å². The summed E-state index contributed by atoms with van der Waals surface area (Å²) < 4.78 is 42.6. The van der Waals surface area contributed by atoms with E-state index >= 15 is 0 Å². The Labute approximate surface area is 126 Å².